The van der Waals surface area contributed by atoms with Crippen LogP contribution in [0, 0.1) is 6.92 Å². The molecule has 0 fully saturated rings. The third-order valence-electron chi connectivity index (χ3n) is 3.72. The van der Waals surface area contributed by atoms with E-state index in [1.54, 1.807) is 0 Å². The lowest BCUT2D eigenvalue weighted by Crippen LogP contribution is -2.06. The lowest BCUT2D eigenvalue weighted by molar-refractivity contribution is 0.795. The number of hydrogen-bond acceptors (Lipinski definition) is 1. The zero-order chi connectivity index (χ0) is 14.4. The van der Waals surface area contributed by atoms with Gasteiger partial charge in [-0.3, -0.25) is 0 Å². The Bertz CT molecular complexity index is 540. The van der Waals surface area contributed by atoms with Crippen molar-refractivity contribution in [2.45, 2.75) is 39.7 Å². The molecule has 1 heteroatoms. The normalized spacial score (nSPS) is 10.8. The van der Waals surface area contributed by atoms with E-state index in [4.69, 9.17) is 0 Å². The minimum Gasteiger partial charge on any atom is -0.316 e. The van der Waals surface area contributed by atoms with E-state index in [2.05, 4.69) is 61.6 Å². The molecule has 0 saturated heterocycles. The first kappa shape index (κ1) is 14.8. The summed E-state index contributed by atoms with van der Waals surface area (Å²) in [5.74, 6) is 0. The second-order valence-electron chi connectivity index (χ2n) is 5.49. The maximum Gasteiger partial charge on any atom is 0.0208 e. The van der Waals surface area contributed by atoms with Crippen LogP contribution in [0.3, 0.4) is 0 Å². The van der Waals surface area contributed by atoms with Gasteiger partial charge in [0.1, 0.15) is 0 Å². The molecule has 106 valence electrons. The first-order valence-corrected chi connectivity index (χ1v) is 7.58. The molecule has 0 spiro atoms. The fourth-order valence-electron chi connectivity index (χ4n) is 2.54. The molecule has 0 amide bonds. The van der Waals surface area contributed by atoms with Crippen LogP contribution in [-0.2, 0) is 13.0 Å². The molecule has 2 aromatic rings. The molecule has 0 heterocycles. The monoisotopic (exact) mass is 267 g/mol. The number of hydrogen-bond donors (Lipinski definition) is 1. The molecule has 0 aliphatic carbocycles. The van der Waals surface area contributed by atoms with Crippen molar-refractivity contribution in [2.24, 2.45) is 0 Å². The predicted octanol–water partition coefficient (Wildman–Crippen LogP) is 4.72. The van der Waals surface area contributed by atoms with Gasteiger partial charge in [0.05, 0.1) is 0 Å². The van der Waals surface area contributed by atoms with Crippen molar-refractivity contribution in [3.8, 4) is 11.1 Å². The molecule has 0 aliphatic heterocycles. The van der Waals surface area contributed by atoms with Crippen molar-refractivity contribution in [1.29, 1.82) is 0 Å². The molecular formula is C19H25N. The summed E-state index contributed by atoms with van der Waals surface area (Å²) < 4.78 is 0. The highest BCUT2D eigenvalue weighted by Gasteiger charge is 2.05. The van der Waals surface area contributed by atoms with Crippen molar-refractivity contribution in [1.82, 2.24) is 5.32 Å². The van der Waals surface area contributed by atoms with Crippen LogP contribution in [0.25, 0.3) is 11.1 Å². The van der Waals surface area contributed by atoms with Crippen LogP contribution in [0.2, 0.25) is 0 Å². The Morgan fingerprint density at radius 2 is 1.75 bits per heavy atom. The molecule has 0 saturated carbocycles. The zero-order valence-electron chi connectivity index (χ0n) is 12.9. The van der Waals surface area contributed by atoms with E-state index in [0.717, 1.165) is 6.54 Å². The maximum absolute atomic E-state index is 3.25. The van der Waals surface area contributed by atoms with Gasteiger partial charge in [0.2, 0.25) is 0 Å². The van der Waals surface area contributed by atoms with Gasteiger partial charge in [-0.15, -0.1) is 0 Å². The highest BCUT2D eigenvalue weighted by Crippen LogP contribution is 2.25. The third kappa shape index (κ3) is 3.71. The van der Waals surface area contributed by atoms with Gasteiger partial charge in [-0.2, -0.15) is 0 Å². The summed E-state index contributed by atoms with van der Waals surface area (Å²) >= 11 is 0. The smallest absolute Gasteiger partial charge is 0.0208 e. The van der Waals surface area contributed by atoms with Crippen LogP contribution >= 0.6 is 0 Å². The van der Waals surface area contributed by atoms with E-state index < -0.39 is 0 Å². The second kappa shape index (κ2) is 7.25. The van der Waals surface area contributed by atoms with Crippen LogP contribution in [0.15, 0.2) is 42.5 Å². The van der Waals surface area contributed by atoms with Crippen molar-refractivity contribution < 1.29 is 0 Å². The molecule has 0 radical (unpaired) electrons. The van der Waals surface area contributed by atoms with E-state index in [1.807, 2.05) is 7.05 Å². The molecule has 0 unspecified atom stereocenters. The molecule has 1 nitrogen and oxygen atoms in total. The lowest BCUT2D eigenvalue weighted by atomic mass is 9.96. The third-order valence-corrected chi connectivity index (χ3v) is 3.72. The van der Waals surface area contributed by atoms with Gasteiger partial charge >= 0.3 is 0 Å². The number of unbranched alkanes of at least 4 members (excludes halogenated alkanes) is 1. The van der Waals surface area contributed by atoms with Gasteiger partial charge in [-0.25, -0.2) is 0 Å². The summed E-state index contributed by atoms with van der Waals surface area (Å²) in [4.78, 5) is 0. The van der Waals surface area contributed by atoms with Gasteiger partial charge < -0.3 is 5.32 Å². The highest BCUT2D eigenvalue weighted by molar-refractivity contribution is 5.68. The topological polar surface area (TPSA) is 12.0 Å². The van der Waals surface area contributed by atoms with Crippen LogP contribution < -0.4 is 5.32 Å². The van der Waals surface area contributed by atoms with Crippen molar-refractivity contribution >= 4 is 0 Å². The standard InChI is InChI=1S/C19H25N/c1-4-5-6-16-8-11-17(12-9-16)19-13-15(2)7-10-18(19)14-20-3/h7-13,20H,4-6,14H2,1-3H3. The van der Waals surface area contributed by atoms with E-state index >= 15 is 0 Å². The summed E-state index contributed by atoms with van der Waals surface area (Å²) in [6.07, 6.45) is 3.72. The molecule has 0 bridgehead atoms. The number of rotatable bonds is 6. The Labute approximate surface area is 123 Å². The Hall–Kier alpha value is -1.60. The van der Waals surface area contributed by atoms with Crippen LogP contribution in [-0.4, -0.2) is 7.05 Å². The van der Waals surface area contributed by atoms with Crippen LogP contribution in [0.4, 0.5) is 0 Å². The SMILES string of the molecule is CCCCc1ccc(-c2cc(C)ccc2CNC)cc1. The Balaban J connectivity index is 2.28. The van der Waals surface area contributed by atoms with Crippen LogP contribution in [0.1, 0.15) is 36.5 Å². The minimum atomic E-state index is 0.910. The Kier molecular flexibility index (Phi) is 5.37. The van der Waals surface area contributed by atoms with Gasteiger partial charge in [0.25, 0.3) is 0 Å². The number of nitrogens with one attached hydrogen (secondary N) is 1. The molecule has 0 aliphatic rings. The van der Waals surface area contributed by atoms with Crippen LogP contribution in [0.5, 0.6) is 0 Å². The van der Waals surface area contributed by atoms with Gasteiger partial charge in [-0.1, -0.05) is 61.4 Å². The zero-order valence-corrected chi connectivity index (χ0v) is 12.9. The van der Waals surface area contributed by atoms with Crippen molar-refractivity contribution in [3.63, 3.8) is 0 Å². The summed E-state index contributed by atoms with van der Waals surface area (Å²) in [5, 5.41) is 3.25. The lowest BCUT2D eigenvalue weighted by Gasteiger charge is -2.11. The molecular weight excluding hydrogens is 242 g/mol. The summed E-state index contributed by atoms with van der Waals surface area (Å²) in [5.41, 5.74) is 6.79. The van der Waals surface area contributed by atoms with Crippen molar-refractivity contribution in [3.05, 3.63) is 59.2 Å². The fourth-order valence-corrected chi connectivity index (χ4v) is 2.54. The molecule has 2 aromatic carbocycles. The molecule has 20 heavy (non-hydrogen) atoms. The van der Waals surface area contributed by atoms with Crippen molar-refractivity contribution in [2.75, 3.05) is 7.05 Å². The summed E-state index contributed by atoms with van der Waals surface area (Å²) in [6.45, 7) is 5.31. The van der Waals surface area contributed by atoms with E-state index in [1.165, 1.54) is 47.1 Å². The molecule has 0 aromatic heterocycles. The molecule has 1 N–H and O–H groups in total. The average Bonchev–Trinajstić information content (AvgIpc) is 2.48. The van der Waals surface area contributed by atoms with E-state index in [0.29, 0.717) is 0 Å². The van der Waals surface area contributed by atoms with E-state index in [-0.39, 0.29) is 0 Å². The van der Waals surface area contributed by atoms with Gasteiger partial charge in [0, 0.05) is 6.54 Å². The second-order valence-corrected chi connectivity index (χ2v) is 5.49. The quantitative estimate of drug-likeness (QED) is 0.798. The first-order chi connectivity index (χ1) is 9.74. The fraction of sp³-hybridized carbons (Fsp3) is 0.368. The predicted molar refractivity (Wildman–Crippen MR) is 88.0 cm³/mol. The maximum atomic E-state index is 3.25. The summed E-state index contributed by atoms with van der Waals surface area (Å²) in [6, 6.07) is 15.8. The summed E-state index contributed by atoms with van der Waals surface area (Å²) in [7, 11) is 2.00. The van der Waals surface area contributed by atoms with Gasteiger partial charge in [-0.05, 0) is 49.1 Å². The molecule has 2 rings (SSSR count). The first-order valence-electron chi connectivity index (χ1n) is 7.58. The Morgan fingerprint density at radius 3 is 2.40 bits per heavy atom. The highest BCUT2D eigenvalue weighted by atomic mass is 14.8. The largest absolute Gasteiger partial charge is 0.316 e. The molecule has 0 atom stereocenters. The minimum absolute atomic E-state index is 0.910. The number of benzene rings is 2. The Morgan fingerprint density at radius 1 is 1.00 bits per heavy atom. The van der Waals surface area contributed by atoms with E-state index in [9.17, 15) is 0 Å². The number of aryl methyl sites for hydroxylation is 2. The van der Waals surface area contributed by atoms with Gasteiger partial charge in [0.15, 0.2) is 0 Å². The average molecular weight is 267 g/mol.